The molecule has 0 heterocycles. The number of hydrogen-bond acceptors (Lipinski definition) is 6. The van der Waals surface area contributed by atoms with Crippen molar-refractivity contribution in [3.63, 3.8) is 0 Å². The fraction of sp³-hybridized carbons (Fsp3) is 0.814. The van der Waals surface area contributed by atoms with E-state index in [1.165, 1.54) is 167 Å². The molecule has 0 fully saturated rings. The normalized spacial score (nSPS) is 12.4. The van der Waals surface area contributed by atoms with Crippen molar-refractivity contribution in [3.8, 4) is 0 Å². The molecule has 0 spiro atoms. The van der Waals surface area contributed by atoms with Crippen molar-refractivity contribution >= 4 is 17.9 Å². The van der Waals surface area contributed by atoms with E-state index in [2.05, 4.69) is 69.4 Å². The second-order valence-corrected chi connectivity index (χ2v) is 18.8. The van der Waals surface area contributed by atoms with Crippen LogP contribution < -0.4 is 0 Å². The molecule has 0 saturated heterocycles. The number of hydrogen-bond donors (Lipinski definition) is 0. The van der Waals surface area contributed by atoms with Gasteiger partial charge < -0.3 is 14.2 Å². The molecule has 378 valence electrons. The fourth-order valence-corrected chi connectivity index (χ4v) is 8.10. The quantitative estimate of drug-likeness (QED) is 0.0262. The minimum Gasteiger partial charge on any atom is -0.462 e. The van der Waals surface area contributed by atoms with E-state index in [1.54, 1.807) is 0 Å². The molecule has 0 rings (SSSR count). The molecule has 1 unspecified atom stereocenters. The number of allylic oxidation sites excluding steroid dienone is 8. The topological polar surface area (TPSA) is 78.9 Å². The third-order valence-electron chi connectivity index (χ3n) is 12.3. The van der Waals surface area contributed by atoms with Gasteiger partial charge in [0.1, 0.15) is 13.2 Å². The third-order valence-corrected chi connectivity index (χ3v) is 12.3. The van der Waals surface area contributed by atoms with Gasteiger partial charge in [-0.3, -0.25) is 14.4 Å². The lowest BCUT2D eigenvalue weighted by molar-refractivity contribution is -0.167. The van der Waals surface area contributed by atoms with Crippen molar-refractivity contribution in [1.82, 2.24) is 0 Å². The number of rotatable bonds is 51. The van der Waals surface area contributed by atoms with Crippen LogP contribution >= 0.6 is 0 Å². The number of unbranched alkanes of at least 4 members (excludes halogenated alkanes) is 32. The summed E-state index contributed by atoms with van der Waals surface area (Å²) in [4.78, 5) is 38.1. The average molecular weight is 911 g/mol. The lowest BCUT2D eigenvalue weighted by atomic mass is 10.0. The van der Waals surface area contributed by atoms with Gasteiger partial charge in [0.15, 0.2) is 6.10 Å². The van der Waals surface area contributed by atoms with Crippen LogP contribution in [0.4, 0.5) is 0 Å². The molecule has 6 heteroatoms. The summed E-state index contributed by atoms with van der Waals surface area (Å²) in [7, 11) is 0. The summed E-state index contributed by atoms with van der Waals surface area (Å²) >= 11 is 0. The van der Waals surface area contributed by atoms with Crippen LogP contribution in [-0.2, 0) is 28.6 Å². The van der Waals surface area contributed by atoms with Crippen molar-refractivity contribution in [2.24, 2.45) is 0 Å². The largest absolute Gasteiger partial charge is 0.462 e. The smallest absolute Gasteiger partial charge is 0.306 e. The maximum absolute atomic E-state index is 12.8. The molecular formula is C59H106O6. The Morgan fingerprint density at radius 3 is 0.954 bits per heavy atom. The Morgan fingerprint density at radius 2 is 0.600 bits per heavy atom. The summed E-state index contributed by atoms with van der Waals surface area (Å²) < 4.78 is 16.8. The SMILES string of the molecule is CC/C=C\C/C=C\C/C=C\CCCCCCCCCC(=O)OC(COC(=O)CCCCCCCCC/C=C\CCCCCCCCC)COC(=O)CCCCCCCCCCCCCC. The molecule has 0 aromatic rings. The highest BCUT2D eigenvalue weighted by Gasteiger charge is 2.19. The molecule has 0 bridgehead atoms. The molecule has 0 aliphatic rings. The zero-order chi connectivity index (χ0) is 47.2. The van der Waals surface area contributed by atoms with Crippen molar-refractivity contribution in [2.75, 3.05) is 13.2 Å². The van der Waals surface area contributed by atoms with Crippen LogP contribution in [0.2, 0.25) is 0 Å². The average Bonchev–Trinajstić information content (AvgIpc) is 3.30. The first-order valence-corrected chi connectivity index (χ1v) is 28.1. The second kappa shape index (κ2) is 54.0. The highest BCUT2D eigenvalue weighted by atomic mass is 16.6. The van der Waals surface area contributed by atoms with Crippen LogP contribution in [0, 0.1) is 0 Å². The van der Waals surface area contributed by atoms with Gasteiger partial charge >= 0.3 is 17.9 Å². The Kier molecular flexibility index (Phi) is 51.8. The molecule has 0 aromatic heterocycles. The van der Waals surface area contributed by atoms with E-state index in [0.29, 0.717) is 19.3 Å². The van der Waals surface area contributed by atoms with Gasteiger partial charge in [-0.25, -0.2) is 0 Å². The van der Waals surface area contributed by atoms with Crippen LogP contribution in [0.1, 0.15) is 290 Å². The summed E-state index contributed by atoms with van der Waals surface area (Å²) in [6, 6.07) is 0. The number of carbonyl (C=O) groups excluding carboxylic acids is 3. The minimum atomic E-state index is -0.777. The second-order valence-electron chi connectivity index (χ2n) is 18.8. The van der Waals surface area contributed by atoms with Crippen molar-refractivity contribution in [2.45, 2.75) is 297 Å². The number of ether oxygens (including phenoxy) is 3. The van der Waals surface area contributed by atoms with E-state index in [0.717, 1.165) is 83.5 Å². The molecule has 0 aromatic carbocycles. The van der Waals surface area contributed by atoms with E-state index in [9.17, 15) is 14.4 Å². The molecular weight excluding hydrogens is 805 g/mol. The van der Waals surface area contributed by atoms with E-state index >= 15 is 0 Å². The van der Waals surface area contributed by atoms with Gasteiger partial charge in [-0.15, -0.1) is 0 Å². The molecule has 65 heavy (non-hydrogen) atoms. The lowest BCUT2D eigenvalue weighted by Gasteiger charge is -2.18. The van der Waals surface area contributed by atoms with Crippen molar-refractivity contribution < 1.29 is 28.6 Å². The van der Waals surface area contributed by atoms with Crippen LogP contribution in [0.25, 0.3) is 0 Å². The number of esters is 3. The van der Waals surface area contributed by atoms with Gasteiger partial charge in [0.05, 0.1) is 0 Å². The summed E-state index contributed by atoms with van der Waals surface area (Å²) in [5.41, 5.74) is 0. The Hall–Kier alpha value is -2.63. The first-order valence-electron chi connectivity index (χ1n) is 28.1. The van der Waals surface area contributed by atoms with Gasteiger partial charge in [-0.05, 0) is 77.0 Å². The Labute approximate surface area is 403 Å². The molecule has 0 aliphatic heterocycles. The van der Waals surface area contributed by atoms with Crippen LogP contribution in [0.15, 0.2) is 48.6 Å². The molecule has 0 aliphatic carbocycles. The molecule has 0 saturated carbocycles. The third kappa shape index (κ3) is 52.2. The van der Waals surface area contributed by atoms with Crippen molar-refractivity contribution in [3.05, 3.63) is 48.6 Å². The Balaban J connectivity index is 4.35. The van der Waals surface area contributed by atoms with Gasteiger partial charge in [-0.2, -0.15) is 0 Å². The summed E-state index contributed by atoms with van der Waals surface area (Å²) in [5.74, 6) is -0.878. The first-order chi connectivity index (χ1) is 32.0. The first kappa shape index (κ1) is 62.4. The van der Waals surface area contributed by atoms with E-state index < -0.39 is 6.10 Å². The molecule has 0 radical (unpaired) electrons. The predicted molar refractivity (Wildman–Crippen MR) is 279 cm³/mol. The summed E-state index contributed by atoms with van der Waals surface area (Å²) in [6.07, 6.45) is 65.2. The summed E-state index contributed by atoms with van der Waals surface area (Å²) in [5, 5.41) is 0. The Bertz CT molecular complexity index is 1140. The lowest BCUT2D eigenvalue weighted by Crippen LogP contribution is -2.30. The zero-order valence-electron chi connectivity index (χ0n) is 43.3. The van der Waals surface area contributed by atoms with Gasteiger partial charge in [0, 0.05) is 19.3 Å². The van der Waals surface area contributed by atoms with Gasteiger partial charge in [0.2, 0.25) is 0 Å². The standard InChI is InChI=1S/C59H106O6/c1-4-7-10-13-16-19-22-25-27-29-31-32-34-37-40-43-46-49-52-58(61)64-55-56(54-63-57(60)51-48-45-42-39-36-24-21-18-15-12-9-6-3)65-59(62)53-50-47-44-41-38-35-33-30-28-26-23-20-17-14-11-8-5-2/h8,11,17,20,26-29,56H,4-7,9-10,12-16,18-19,21-25,30-55H2,1-3H3/b11-8-,20-17-,28-26-,29-27-. The highest BCUT2D eigenvalue weighted by Crippen LogP contribution is 2.16. The fourth-order valence-electron chi connectivity index (χ4n) is 8.10. The van der Waals surface area contributed by atoms with Crippen LogP contribution in [0.5, 0.6) is 0 Å². The van der Waals surface area contributed by atoms with Gasteiger partial charge in [-0.1, -0.05) is 243 Å². The predicted octanol–water partition coefficient (Wildman–Crippen LogP) is 18.7. The van der Waals surface area contributed by atoms with E-state index in [4.69, 9.17) is 14.2 Å². The van der Waals surface area contributed by atoms with Crippen molar-refractivity contribution in [1.29, 1.82) is 0 Å². The molecule has 6 nitrogen and oxygen atoms in total. The van der Waals surface area contributed by atoms with Crippen LogP contribution in [-0.4, -0.2) is 37.2 Å². The molecule has 0 N–H and O–H groups in total. The van der Waals surface area contributed by atoms with Gasteiger partial charge in [0.25, 0.3) is 0 Å². The molecule has 1 atom stereocenters. The maximum Gasteiger partial charge on any atom is 0.306 e. The number of carbonyl (C=O) groups is 3. The molecule has 0 amide bonds. The summed E-state index contributed by atoms with van der Waals surface area (Å²) in [6.45, 7) is 6.54. The monoisotopic (exact) mass is 911 g/mol. The zero-order valence-corrected chi connectivity index (χ0v) is 43.3. The van der Waals surface area contributed by atoms with E-state index in [-0.39, 0.29) is 31.1 Å². The highest BCUT2D eigenvalue weighted by molar-refractivity contribution is 5.71. The van der Waals surface area contributed by atoms with E-state index in [1.807, 2.05) is 0 Å². The minimum absolute atomic E-state index is 0.0758. The van der Waals surface area contributed by atoms with Crippen LogP contribution in [0.3, 0.4) is 0 Å². The Morgan fingerprint density at radius 1 is 0.323 bits per heavy atom. The maximum atomic E-state index is 12.8.